The highest BCUT2D eigenvalue weighted by Gasteiger charge is 2.40. The molecule has 152 valence electrons. The van der Waals surface area contributed by atoms with Crippen molar-refractivity contribution in [2.24, 2.45) is 0 Å². The predicted molar refractivity (Wildman–Crippen MR) is 122 cm³/mol. The molecule has 4 nitrogen and oxygen atoms in total. The Kier molecular flexibility index (Phi) is 5.34. The second kappa shape index (κ2) is 7.79. The zero-order chi connectivity index (χ0) is 20.7. The van der Waals surface area contributed by atoms with Gasteiger partial charge in [-0.15, -0.1) is 0 Å². The Morgan fingerprint density at radius 2 is 1.69 bits per heavy atom. The summed E-state index contributed by atoms with van der Waals surface area (Å²) in [5, 5.41) is 0.639. The first-order valence-electron chi connectivity index (χ1n) is 10.5. The minimum atomic E-state index is 0.0459. The minimum Gasteiger partial charge on any atom is -0.318 e. The number of amides is 1. The van der Waals surface area contributed by atoms with Gasteiger partial charge in [-0.3, -0.25) is 9.69 Å². The third-order valence-electron chi connectivity index (χ3n) is 6.29. The molecule has 0 N–H and O–H groups in total. The topological polar surface area (TPSA) is 28.5 Å². The SMILES string of the molecule is Cc1ccc(-n2c(C)cc(/C=C3/C(=O)N(C4CCCCC4)C(=S)N3C)c2C)cc1. The number of benzene rings is 1. The van der Waals surface area contributed by atoms with E-state index in [1.165, 1.54) is 24.8 Å². The van der Waals surface area contributed by atoms with Crippen LogP contribution in [0.3, 0.4) is 0 Å². The average Bonchev–Trinajstić information content (AvgIpc) is 3.11. The van der Waals surface area contributed by atoms with Crippen molar-refractivity contribution in [3.8, 4) is 5.69 Å². The van der Waals surface area contributed by atoms with Gasteiger partial charge in [0.25, 0.3) is 5.91 Å². The number of nitrogens with zero attached hydrogens (tertiary/aromatic N) is 3. The van der Waals surface area contributed by atoms with Gasteiger partial charge in [0.2, 0.25) is 0 Å². The smallest absolute Gasteiger partial charge is 0.277 e. The van der Waals surface area contributed by atoms with Gasteiger partial charge in [-0.2, -0.15) is 0 Å². The second-order valence-electron chi connectivity index (χ2n) is 8.34. The highest BCUT2D eigenvalue weighted by atomic mass is 32.1. The Bertz CT molecular complexity index is 980. The van der Waals surface area contributed by atoms with Crippen LogP contribution in [0.5, 0.6) is 0 Å². The molecule has 2 aliphatic rings. The average molecular weight is 408 g/mol. The van der Waals surface area contributed by atoms with Gasteiger partial charge in [0.05, 0.1) is 0 Å². The van der Waals surface area contributed by atoms with Crippen molar-refractivity contribution in [2.45, 2.75) is 58.9 Å². The lowest BCUT2D eigenvalue weighted by atomic mass is 9.94. The summed E-state index contributed by atoms with van der Waals surface area (Å²) in [6, 6.07) is 10.9. The van der Waals surface area contributed by atoms with Gasteiger partial charge in [0.15, 0.2) is 5.11 Å². The first kappa shape index (κ1) is 19.9. The normalized spacial score (nSPS) is 19.7. The first-order chi connectivity index (χ1) is 13.9. The summed E-state index contributed by atoms with van der Waals surface area (Å²) < 4.78 is 2.24. The maximum Gasteiger partial charge on any atom is 0.277 e. The number of thiocarbonyl (C=S) groups is 1. The van der Waals surface area contributed by atoms with Crippen LogP contribution in [0.25, 0.3) is 11.8 Å². The Morgan fingerprint density at radius 1 is 1.03 bits per heavy atom. The van der Waals surface area contributed by atoms with Crippen LogP contribution in [-0.2, 0) is 4.79 Å². The summed E-state index contributed by atoms with van der Waals surface area (Å²) >= 11 is 5.65. The van der Waals surface area contributed by atoms with Crippen molar-refractivity contribution >= 4 is 29.3 Å². The molecule has 1 aliphatic carbocycles. The summed E-state index contributed by atoms with van der Waals surface area (Å²) in [6.07, 6.45) is 7.72. The fourth-order valence-corrected chi connectivity index (χ4v) is 4.94. The molecule has 1 aromatic carbocycles. The molecule has 0 unspecified atom stereocenters. The summed E-state index contributed by atoms with van der Waals surface area (Å²) in [5.74, 6) is 0.0459. The maximum atomic E-state index is 13.3. The number of aryl methyl sites for hydroxylation is 2. The van der Waals surface area contributed by atoms with Gasteiger partial charge in [0, 0.05) is 30.2 Å². The van der Waals surface area contributed by atoms with Crippen LogP contribution in [0, 0.1) is 20.8 Å². The lowest BCUT2D eigenvalue weighted by molar-refractivity contribution is -0.124. The number of carbonyl (C=O) groups is 1. The molecule has 2 heterocycles. The van der Waals surface area contributed by atoms with Gasteiger partial charge >= 0.3 is 0 Å². The molecular formula is C24H29N3OS. The summed E-state index contributed by atoms with van der Waals surface area (Å²) in [4.78, 5) is 17.0. The quantitative estimate of drug-likeness (QED) is 0.521. The Morgan fingerprint density at radius 3 is 2.34 bits per heavy atom. The van der Waals surface area contributed by atoms with E-state index < -0.39 is 0 Å². The van der Waals surface area contributed by atoms with E-state index in [2.05, 4.69) is 55.7 Å². The van der Waals surface area contributed by atoms with E-state index >= 15 is 0 Å². The number of rotatable bonds is 3. The number of likely N-dealkylation sites (N-methyl/N-ethyl adjacent to an activating group) is 1. The van der Waals surface area contributed by atoms with E-state index in [1.807, 2.05) is 22.9 Å². The number of hydrogen-bond acceptors (Lipinski definition) is 2. The molecule has 4 rings (SSSR count). The molecular weight excluding hydrogens is 378 g/mol. The fourth-order valence-electron chi connectivity index (χ4n) is 4.61. The highest BCUT2D eigenvalue weighted by molar-refractivity contribution is 7.80. The van der Waals surface area contributed by atoms with Crippen LogP contribution in [-0.4, -0.2) is 38.5 Å². The van der Waals surface area contributed by atoms with E-state index in [9.17, 15) is 4.79 Å². The van der Waals surface area contributed by atoms with Crippen LogP contribution in [0.4, 0.5) is 0 Å². The molecule has 1 aromatic heterocycles. The van der Waals surface area contributed by atoms with Crippen molar-refractivity contribution in [3.05, 3.63) is 58.5 Å². The van der Waals surface area contributed by atoms with Gasteiger partial charge in [-0.1, -0.05) is 37.0 Å². The second-order valence-corrected chi connectivity index (χ2v) is 8.70. The monoisotopic (exact) mass is 407 g/mol. The third-order valence-corrected chi connectivity index (χ3v) is 6.76. The molecule has 2 aromatic rings. The van der Waals surface area contributed by atoms with Crippen molar-refractivity contribution < 1.29 is 4.79 Å². The van der Waals surface area contributed by atoms with Gasteiger partial charge in [-0.05, 0) is 75.7 Å². The highest BCUT2D eigenvalue weighted by Crippen LogP contribution is 2.32. The predicted octanol–water partition coefficient (Wildman–Crippen LogP) is 5.14. The number of aromatic nitrogens is 1. The van der Waals surface area contributed by atoms with Crippen LogP contribution in [0.1, 0.15) is 54.6 Å². The molecule has 29 heavy (non-hydrogen) atoms. The minimum absolute atomic E-state index is 0.0459. The molecule has 0 spiro atoms. The standard InChI is InChI=1S/C24H29N3OS/c1-16-10-12-21(13-11-16)26-17(2)14-19(18(26)3)15-22-23(28)27(24(29)25(22)4)20-8-6-5-7-9-20/h10-15,20H,5-9H2,1-4H3/b22-15-. The molecule has 0 bridgehead atoms. The van der Waals surface area contributed by atoms with Crippen LogP contribution in [0.2, 0.25) is 0 Å². The third kappa shape index (κ3) is 3.52. The maximum absolute atomic E-state index is 13.3. The molecule has 5 heteroatoms. The molecule has 0 radical (unpaired) electrons. The first-order valence-corrected chi connectivity index (χ1v) is 10.9. The lowest BCUT2D eigenvalue weighted by Gasteiger charge is -2.30. The molecule has 1 saturated carbocycles. The van der Waals surface area contributed by atoms with E-state index in [-0.39, 0.29) is 11.9 Å². The summed E-state index contributed by atoms with van der Waals surface area (Å²) in [6.45, 7) is 6.31. The van der Waals surface area contributed by atoms with Gasteiger partial charge < -0.3 is 9.47 Å². The van der Waals surface area contributed by atoms with Crippen LogP contribution < -0.4 is 0 Å². The van der Waals surface area contributed by atoms with Gasteiger partial charge in [-0.25, -0.2) is 0 Å². The number of hydrogen-bond donors (Lipinski definition) is 0. The number of carbonyl (C=O) groups excluding carboxylic acids is 1. The zero-order valence-electron chi connectivity index (χ0n) is 17.7. The van der Waals surface area contributed by atoms with E-state index in [1.54, 1.807) is 0 Å². The molecule has 1 saturated heterocycles. The van der Waals surface area contributed by atoms with E-state index in [4.69, 9.17) is 12.2 Å². The van der Waals surface area contributed by atoms with Gasteiger partial charge in [0.1, 0.15) is 5.70 Å². The van der Waals surface area contributed by atoms with E-state index in [0.717, 1.165) is 35.5 Å². The van der Waals surface area contributed by atoms with Crippen molar-refractivity contribution in [3.63, 3.8) is 0 Å². The fraction of sp³-hybridized carbons (Fsp3) is 0.417. The molecule has 2 fully saturated rings. The van der Waals surface area contributed by atoms with Crippen LogP contribution in [0.15, 0.2) is 36.0 Å². The molecule has 1 amide bonds. The Hall–Kier alpha value is -2.40. The summed E-state index contributed by atoms with van der Waals surface area (Å²) in [7, 11) is 1.91. The molecule has 0 atom stereocenters. The Labute approximate surface area is 178 Å². The van der Waals surface area contributed by atoms with Crippen LogP contribution >= 0.6 is 12.2 Å². The lowest BCUT2D eigenvalue weighted by Crippen LogP contribution is -2.41. The zero-order valence-corrected chi connectivity index (χ0v) is 18.6. The largest absolute Gasteiger partial charge is 0.318 e. The van der Waals surface area contributed by atoms with Crippen molar-refractivity contribution in [1.29, 1.82) is 0 Å². The van der Waals surface area contributed by atoms with E-state index in [0.29, 0.717) is 10.8 Å². The Balaban J connectivity index is 1.69. The summed E-state index contributed by atoms with van der Waals surface area (Å²) in [5.41, 5.74) is 6.39. The van der Waals surface area contributed by atoms with Crippen molar-refractivity contribution in [1.82, 2.24) is 14.4 Å². The molecule has 1 aliphatic heterocycles. The van der Waals surface area contributed by atoms with Crippen molar-refractivity contribution in [2.75, 3.05) is 7.05 Å².